The molecule has 1 aromatic heterocycles. The van der Waals surface area contributed by atoms with E-state index in [0.717, 1.165) is 0 Å². The van der Waals surface area contributed by atoms with Gasteiger partial charge < -0.3 is 0 Å². The normalized spacial score (nSPS) is 10.2. The fourth-order valence-electron chi connectivity index (χ4n) is 1.48. The molecule has 0 radical (unpaired) electrons. The van der Waals surface area contributed by atoms with Gasteiger partial charge in [0.1, 0.15) is 5.82 Å². The molecule has 0 spiro atoms. The first-order valence-electron chi connectivity index (χ1n) is 5.05. The van der Waals surface area contributed by atoms with Crippen molar-refractivity contribution in [3.8, 4) is 0 Å². The van der Waals surface area contributed by atoms with E-state index in [9.17, 15) is 9.18 Å². The number of benzene rings is 1. The maximum absolute atomic E-state index is 13.3. The van der Waals surface area contributed by atoms with Gasteiger partial charge in [0.2, 0.25) is 0 Å². The van der Waals surface area contributed by atoms with Crippen molar-refractivity contribution in [3.05, 3.63) is 64.1 Å². The lowest BCUT2D eigenvalue weighted by molar-refractivity contribution is 0.0990. The Hall–Kier alpha value is -1.55. The lowest BCUT2D eigenvalue weighted by Gasteiger charge is -2.04. The number of halogens is 2. The minimum Gasteiger partial charge on any atom is -0.294 e. The van der Waals surface area contributed by atoms with Gasteiger partial charge in [-0.15, -0.1) is 0 Å². The summed E-state index contributed by atoms with van der Waals surface area (Å²) in [5, 5.41) is 0. The Labute approximate surface area is 107 Å². The van der Waals surface area contributed by atoms with Gasteiger partial charge in [-0.05, 0) is 34.1 Å². The lowest BCUT2D eigenvalue weighted by Crippen LogP contribution is -2.06. The van der Waals surface area contributed by atoms with Gasteiger partial charge in [0, 0.05) is 17.5 Å². The van der Waals surface area contributed by atoms with Crippen molar-refractivity contribution in [3.63, 3.8) is 0 Å². The van der Waals surface area contributed by atoms with Crippen molar-refractivity contribution in [2.45, 2.75) is 6.42 Å². The summed E-state index contributed by atoms with van der Waals surface area (Å²) in [7, 11) is 0. The molecular formula is C13H9BrFNO. The predicted molar refractivity (Wildman–Crippen MR) is 66.4 cm³/mol. The van der Waals surface area contributed by atoms with E-state index in [4.69, 9.17) is 0 Å². The first-order chi connectivity index (χ1) is 8.18. The van der Waals surface area contributed by atoms with E-state index >= 15 is 0 Å². The second kappa shape index (κ2) is 5.19. The van der Waals surface area contributed by atoms with Crippen molar-refractivity contribution >= 4 is 21.7 Å². The third kappa shape index (κ3) is 2.77. The Morgan fingerprint density at radius 2 is 2.06 bits per heavy atom. The zero-order chi connectivity index (χ0) is 12.3. The van der Waals surface area contributed by atoms with Gasteiger partial charge >= 0.3 is 0 Å². The molecule has 0 fully saturated rings. The highest BCUT2D eigenvalue weighted by atomic mass is 79.9. The summed E-state index contributed by atoms with van der Waals surface area (Å²) in [5.74, 6) is -0.591. The summed E-state index contributed by atoms with van der Waals surface area (Å²) in [6.07, 6.45) is 1.80. The van der Waals surface area contributed by atoms with Crippen molar-refractivity contribution in [1.82, 2.24) is 4.98 Å². The summed E-state index contributed by atoms with van der Waals surface area (Å²) in [6, 6.07) is 9.79. The van der Waals surface area contributed by atoms with E-state index in [0.29, 0.717) is 11.3 Å². The van der Waals surface area contributed by atoms with Crippen molar-refractivity contribution in [2.24, 2.45) is 0 Å². The summed E-state index contributed by atoms with van der Waals surface area (Å²) >= 11 is 3.08. The van der Waals surface area contributed by atoms with Gasteiger partial charge in [0.05, 0.1) is 10.9 Å². The Bertz CT molecular complexity index is 542. The van der Waals surface area contributed by atoms with Crippen LogP contribution in [-0.4, -0.2) is 10.8 Å². The third-order valence-electron chi connectivity index (χ3n) is 2.32. The van der Waals surface area contributed by atoms with Crippen LogP contribution in [0.1, 0.15) is 16.1 Å². The fraction of sp³-hybridized carbons (Fsp3) is 0.0769. The van der Waals surface area contributed by atoms with Gasteiger partial charge in [0.15, 0.2) is 5.78 Å². The van der Waals surface area contributed by atoms with Crippen LogP contribution in [0.25, 0.3) is 0 Å². The van der Waals surface area contributed by atoms with Crippen LogP contribution in [0.4, 0.5) is 4.39 Å². The summed E-state index contributed by atoms with van der Waals surface area (Å²) in [4.78, 5) is 16.0. The van der Waals surface area contributed by atoms with Crippen LogP contribution in [0.2, 0.25) is 0 Å². The standard InChI is InChI=1S/C13H9BrFNO/c14-13-10(5-3-6-11(13)15)12(17)8-9-4-1-2-7-16-9/h1-7H,8H2. The number of ketones is 1. The van der Waals surface area contributed by atoms with Crippen LogP contribution in [-0.2, 0) is 6.42 Å². The number of nitrogens with zero attached hydrogens (tertiary/aromatic N) is 1. The van der Waals surface area contributed by atoms with Crippen LogP contribution in [0.3, 0.4) is 0 Å². The number of carbonyl (C=O) groups excluding carboxylic acids is 1. The van der Waals surface area contributed by atoms with E-state index in [2.05, 4.69) is 20.9 Å². The second-order valence-corrected chi connectivity index (χ2v) is 4.32. The van der Waals surface area contributed by atoms with E-state index in [1.165, 1.54) is 12.1 Å². The maximum Gasteiger partial charge on any atom is 0.170 e. The van der Waals surface area contributed by atoms with Crippen molar-refractivity contribution in [1.29, 1.82) is 0 Å². The number of hydrogen-bond donors (Lipinski definition) is 0. The monoisotopic (exact) mass is 293 g/mol. The van der Waals surface area contributed by atoms with Gasteiger partial charge in [0.25, 0.3) is 0 Å². The molecular weight excluding hydrogens is 285 g/mol. The first kappa shape index (κ1) is 11.9. The molecule has 2 rings (SSSR count). The fourth-order valence-corrected chi connectivity index (χ4v) is 1.97. The SMILES string of the molecule is O=C(Cc1ccccn1)c1cccc(F)c1Br. The quantitative estimate of drug-likeness (QED) is 0.812. The van der Waals surface area contributed by atoms with E-state index in [1.54, 1.807) is 24.4 Å². The molecule has 1 heterocycles. The summed E-state index contributed by atoms with van der Waals surface area (Å²) in [6.45, 7) is 0. The van der Waals surface area contributed by atoms with Crippen molar-refractivity contribution < 1.29 is 9.18 Å². The molecule has 0 N–H and O–H groups in total. The highest BCUT2D eigenvalue weighted by molar-refractivity contribution is 9.10. The van der Waals surface area contributed by atoms with Crippen LogP contribution >= 0.6 is 15.9 Å². The minimum atomic E-state index is -0.433. The molecule has 0 aliphatic heterocycles. The summed E-state index contributed by atoms with van der Waals surface area (Å²) in [5.41, 5.74) is 1.02. The van der Waals surface area contributed by atoms with E-state index in [-0.39, 0.29) is 16.7 Å². The molecule has 0 atom stereocenters. The molecule has 0 saturated heterocycles. The minimum absolute atomic E-state index is 0.157. The molecule has 0 aliphatic rings. The second-order valence-electron chi connectivity index (χ2n) is 3.52. The van der Waals surface area contributed by atoms with E-state index in [1.807, 2.05) is 6.07 Å². The third-order valence-corrected chi connectivity index (χ3v) is 3.13. The summed E-state index contributed by atoms with van der Waals surface area (Å²) < 4.78 is 13.5. The molecule has 17 heavy (non-hydrogen) atoms. The Morgan fingerprint density at radius 1 is 1.24 bits per heavy atom. The molecule has 0 unspecified atom stereocenters. The highest BCUT2D eigenvalue weighted by Gasteiger charge is 2.13. The van der Waals surface area contributed by atoms with Gasteiger partial charge in [-0.1, -0.05) is 18.2 Å². The molecule has 0 bridgehead atoms. The largest absolute Gasteiger partial charge is 0.294 e. The molecule has 0 saturated carbocycles. The molecule has 2 nitrogen and oxygen atoms in total. The van der Waals surface area contributed by atoms with Gasteiger partial charge in [-0.25, -0.2) is 4.39 Å². The van der Waals surface area contributed by atoms with E-state index < -0.39 is 5.82 Å². The number of Topliss-reactive ketones (excluding diaryl/α,β-unsaturated/α-hetero) is 1. The Kier molecular flexibility index (Phi) is 3.64. The van der Waals surface area contributed by atoms with Crippen molar-refractivity contribution in [2.75, 3.05) is 0 Å². The lowest BCUT2D eigenvalue weighted by atomic mass is 10.1. The number of rotatable bonds is 3. The first-order valence-corrected chi connectivity index (χ1v) is 5.85. The molecule has 0 aliphatic carbocycles. The smallest absolute Gasteiger partial charge is 0.170 e. The zero-order valence-corrected chi connectivity index (χ0v) is 10.4. The highest BCUT2D eigenvalue weighted by Crippen LogP contribution is 2.21. The van der Waals surface area contributed by atoms with Crippen LogP contribution in [0.15, 0.2) is 47.1 Å². The number of hydrogen-bond acceptors (Lipinski definition) is 2. The molecule has 0 amide bonds. The maximum atomic E-state index is 13.3. The molecule has 4 heteroatoms. The van der Waals surface area contributed by atoms with Gasteiger partial charge in [-0.3, -0.25) is 9.78 Å². The molecule has 1 aromatic carbocycles. The average molecular weight is 294 g/mol. The average Bonchev–Trinajstić information content (AvgIpc) is 2.34. The Morgan fingerprint density at radius 3 is 2.76 bits per heavy atom. The van der Waals surface area contributed by atoms with Crippen LogP contribution in [0, 0.1) is 5.82 Å². The molecule has 86 valence electrons. The number of pyridine rings is 1. The topological polar surface area (TPSA) is 30.0 Å². The predicted octanol–water partition coefficient (Wildman–Crippen LogP) is 3.41. The number of aromatic nitrogens is 1. The van der Waals surface area contributed by atoms with Crippen LogP contribution in [0.5, 0.6) is 0 Å². The van der Waals surface area contributed by atoms with Crippen LogP contribution < -0.4 is 0 Å². The molecule has 2 aromatic rings. The Balaban J connectivity index is 2.24. The number of carbonyl (C=O) groups is 1. The zero-order valence-electron chi connectivity index (χ0n) is 8.86. The van der Waals surface area contributed by atoms with Gasteiger partial charge in [-0.2, -0.15) is 0 Å².